The molecule has 0 spiro atoms. The average molecular weight is 406 g/mol. The van der Waals surface area contributed by atoms with Crippen molar-refractivity contribution in [1.29, 1.82) is 0 Å². The molecule has 1 atom stereocenters. The normalized spacial score (nSPS) is 21.5. The van der Waals surface area contributed by atoms with Crippen LogP contribution >= 0.6 is 0 Å². The van der Waals surface area contributed by atoms with E-state index >= 15 is 0 Å². The number of piperidine rings is 1. The van der Waals surface area contributed by atoms with Crippen LogP contribution in [0.15, 0.2) is 42.7 Å². The average Bonchev–Trinajstić information content (AvgIpc) is 3.19. The van der Waals surface area contributed by atoms with Crippen molar-refractivity contribution in [2.24, 2.45) is 5.92 Å². The lowest BCUT2D eigenvalue weighted by Crippen LogP contribution is -2.51. The molecule has 1 aromatic carbocycles. The fraction of sp³-hybridized carbons (Fsp3) is 0.520. The highest BCUT2D eigenvalue weighted by Crippen LogP contribution is 2.31. The summed E-state index contributed by atoms with van der Waals surface area (Å²) in [6.45, 7) is 4.48. The van der Waals surface area contributed by atoms with Crippen LogP contribution in [0, 0.1) is 5.92 Å². The Balaban J connectivity index is 1.29. The number of amides is 1. The SMILES string of the molecule is O=C(C1CCC1)N(Cc1cccnc1)C1CCCN(Cc2ccc3c(c2)CCO3)C1. The van der Waals surface area contributed by atoms with Crippen molar-refractivity contribution in [3.05, 3.63) is 59.4 Å². The molecule has 2 aliphatic heterocycles. The summed E-state index contributed by atoms with van der Waals surface area (Å²) in [5.41, 5.74) is 3.81. The summed E-state index contributed by atoms with van der Waals surface area (Å²) in [5, 5.41) is 0. The van der Waals surface area contributed by atoms with E-state index in [0.29, 0.717) is 12.5 Å². The van der Waals surface area contributed by atoms with Crippen molar-refractivity contribution in [3.8, 4) is 5.75 Å². The van der Waals surface area contributed by atoms with E-state index in [9.17, 15) is 4.79 Å². The van der Waals surface area contributed by atoms with Gasteiger partial charge in [-0.1, -0.05) is 24.6 Å². The number of ether oxygens (including phenoxy) is 1. The second kappa shape index (κ2) is 8.76. The smallest absolute Gasteiger partial charge is 0.226 e. The number of rotatable bonds is 6. The molecular formula is C25H31N3O2. The maximum atomic E-state index is 13.3. The number of hydrogen-bond acceptors (Lipinski definition) is 4. The Bertz CT molecular complexity index is 881. The van der Waals surface area contributed by atoms with Crippen LogP contribution in [0.4, 0.5) is 0 Å². The van der Waals surface area contributed by atoms with Crippen LogP contribution < -0.4 is 4.74 Å². The van der Waals surface area contributed by atoms with Crippen LogP contribution in [-0.4, -0.2) is 46.4 Å². The topological polar surface area (TPSA) is 45.7 Å². The molecule has 1 saturated heterocycles. The van der Waals surface area contributed by atoms with Crippen LogP contribution in [0.25, 0.3) is 0 Å². The van der Waals surface area contributed by atoms with Gasteiger partial charge in [-0.05, 0) is 61.1 Å². The molecule has 5 rings (SSSR count). The Kier molecular flexibility index (Phi) is 5.71. The Labute approximate surface area is 179 Å². The summed E-state index contributed by atoms with van der Waals surface area (Å²) in [6.07, 6.45) is 10.2. The number of likely N-dealkylation sites (tertiary alicyclic amines) is 1. The third-order valence-electron chi connectivity index (χ3n) is 6.89. The number of benzene rings is 1. The Morgan fingerprint density at radius 1 is 1.17 bits per heavy atom. The molecule has 3 aliphatic rings. The van der Waals surface area contributed by atoms with Gasteiger partial charge in [-0.15, -0.1) is 0 Å². The minimum atomic E-state index is 0.230. The fourth-order valence-electron chi connectivity index (χ4n) is 4.99. The van der Waals surface area contributed by atoms with E-state index in [-0.39, 0.29) is 12.0 Å². The first kappa shape index (κ1) is 19.6. The number of carbonyl (C=O) groups excluding carboxylic acids is 1. The van der Waals surface area contributed by atoms with Crippen LogP contribution in [-0.2, 0) is 24.3 Å². The van der Waals surface area contributed by atoms with Crippen LogP contribution in [0.2, 0.25) is 0 Å². The zero-order valence-electron chi connectivity index (χ0n) is 17.6. The van der Waals surface area contributed by atoms with E-state index in [4.69, 9.17) is 4.74 Å². The molecule has 5 heteroatoms. The first-order valence-electron chi connectivity index (χ1n) is 11.4. The van der Waals surface area contributed by atoms with E-state index < -0.39 is 0 Å². The standard InChI is InChI=1S/C25H31N3O2/c29-25(21-5-1-6-21)28(17-20-4-2-11-26-15-20)23-7-3-12-27(18-23)16-19-8-9-24-22(14-19)10-13-30-24/h2,4,8-9,11,14-15,21,23H,1,3,5-7,10,12-13,16-18H2. The molecule has 0 radical (unpaired) electrons. The van der Waals surface area contributed by atoms with Crippen molar-refractivity contribution in [1.82, 2.24) is 14.8 Å². The van der Waals surface area contributed by atoms with Gasteiger partial charge in [0, 0.05) is 50.4 Å². The van der Waals surface area contributed by atoms with Crippen molar-refractivity contribution in [2.75, 3.05) is 19.7 Å². The maximum absolute atomic E-state index is 13.3. The van der Waals surface area contributed by atoms with Gasteiger partial charge in [0.25, 0.3) is 0 Å². The highest BCUT2D eigenvalue weighted by molar-refractivity contribution is 5.80. The van der Waals surface area contributed by atoms with Crippen LogP contribution in [0.5, 0.6) is 5.75 Å². The molecule has 158 valence electrons. The first-order valence-corrected chi connectivity index (χ1v) is 11.4. The van der Waals surface area contributed by atoms with Gasteiger partial charge >= 0.3 is 0 Å². The fourth-order valence-corrected chi connectivity index (χ4v) is 4.99. The van der Waals surface area contributed by atoms with Crippen LogP contribution in [0.1, 0.15) is 48.8 Å². The predicted molar refractivity (Wildman–Crippen MR) is 116 cm³/mol. The minimum absolute atomic E-state index is 0.230. The van der Waals surface area contributed by atoms with E-state index in [1.165, 1.54) is 17.5 Å². The van der Waals surface area contributed by atoms with Gasteiger partial charge in [0.05, 0.1) is 6.61 Å². The number of aromatic nitrogens is 1. The number of hydrogen-bond donors (Lipinski definition) is 0. The summed E-state index contributed by atoms with van der Waals surface area (Å²) >= 11 is 0. The number of fused-ring (bicyclic) bond motifs is 1. The Hall–Kier alpha value is -2.40. The van der Waals surface area contributed by atoms with E-state index in [0.717, 1.165) is 69.7 Å². The van der Waals surface area contributed by atoms with Crippen molar-refractivity contribution in [2.45, 2.75) is 57.7 Å². The summed E-state index contributed by atoms with van der Waals surface area (Å²) < 4.78 is 5.65. The predicted octanol–water partition coefficient (Wildman–Crippen LogP) is 3.81. The molecule has 30 heavy (non-hydrogen) atoms. The van der Waals surface area contributed by atoms with Gasteiger partial charge in [0.1, 0.15) is 5.75 Å². The second-order valence-electron chi connectivity index (χ2n) is 9.03. The minimum Gasteiger partial charge on any atom is -0.493 e. The third kappa shape index (κ3) is 4.22. The number of nitrogens with zero attached hydrogens (tertiary/aromatic N) is 3. The maximum Gasteiger partial charge on any atom is 0.226 e. The van der Waals surface area contributed by atoms with Gasteiger partial charge in [0.15, 0.2) is 0 Å². The summed E-state index contributed by atoms with van der Waals surface area (Å²) in [6, 6.07) is 10.9. The lowest BCUT2D eigenvalue weighted by atomic mass is 9.83. The third-order valence-corrected chi connectivity index (χ3v) is 6.89. The molecule has 0 N–H and O–H groups in total. The second-order valence-corrected chi connectivity index (χ2v) is 9.03. The molecule has 1 aromatic heterocycles. The molecule has 0 bridgehead atoms. The monoisotopic (exact) mass is 405 g/mol. The molecule has 1 aliphatic carbocycles. The Morgan fingerprint density at radius 2 is 2.10 bits per heavy atom. The largest absolute Gasteiger partial charge is 0.493 e. The molecule has 1 unspecified atom stereocenters. The van der Waals surface area contributed by atoms with E-state index in [2.05, 4.69) is 39.0 Å². The molecule has 1 saturated carbocycles. The summed E-state index contributed by atoms with van der Waals surface area (Å²) in [7, 11) is 0. The van der Waals surface area contributed by atoms with Gasteiger partial charge in [-0.25, -0.2) is 0 Å². The molecule has 2 fully saturated rings. The van der Waals surface area contributed by atoms with Gasteiger partial charge in [0.2, 0.25) is 5.91 Å². The van der Waals surface area contributed by atoms with E-state index in [1.807, 2.05) is 12.3 Å². The highest BCUT2D eigenvalue weighted by atomic mass is 16.5. The van der Waals surface area contributed by atoms with Gasteiger partial charge in [-0.3, -0.25) is 14.7 Å². The van der Waals surface area contributed by atoms with Crippen molar-refractivity contribution >= 4 is 5.91 Å². The highest BCUT2D eigenvalue weighted by Gasteiger charge is 2.35. The molecule has 2 aromatic rings. The molecule has 3 heterocycles. The zero-order valence-corrected chi connectivity index (χ0v) is 17.6. The summed E-state index contributed by atoms with van der Waals surface area (Å²) in [5.74, 6) is 1.63. The molecule has 1 amide bonds. The van der Waals surface area contributed by atoms with E-state index in [1.54, 1.807) is 6.20 Å². The van der Waals surface area contributed by atoms with Gasteiger partial charge < -0.3 is 9.64 Å². The van der Waals surface area contributed by atoms with Crippen molar-refractivity contribution in [3.63, 3.8) is 0 Å². The lowest BCUT2D eigenvalue weighted by molar-refractivity contribution is -0.142. The zero-order chi connectivity index (χ0) is 20.3. The van der Waals surface area contributed by atoms with Crippen LogP contribution in [0.3, 0.4) is 0 Å². The quantitative estimate of drug-likeness (QED) is 0.733. The number of pyridine rings is 1. The molecular weight excluding hydrogens is 374 g/mol. The lowest BCUT2D eigenvalue weighted by Gasteiger charge is -2.42. The summed E-state index contributed by atoms with van der Waals surface area (Å²) in [4.78, 5) is 22.3. The molecule has 5 nitrogen and oxygen atoms in total. The van der Waals surface area contributed by atoms with Gasteiger partial charge in [-0.2, -0.15) is 0 Å². The Morgan fingerprint density at radius 3 is 2.90 bits per heavy atom. The first-order chi connectivity index (χ1) is 14.8. The number of carbonyl (C=O) groups is 1. The van der Waals surface area contributed by atoms with Crippen molar-refractivity contribution < 1.29 is 9.53 Å².